The average Bonchev–Trinajstić information content (AvgIpc) is 2.96. The number of benzene rings is 2. The van der Waals surface area contributed by atoms with E-state index in [1.165, 1.54) is 4.90 Å². The molecule has 240 valence electrons. The number of piperazine rings is 1. The van der Waals surface area contributed by atoms with Gasteiger partial charge in [0.1, 0.15) is 0 Å². The predicted octanol–water partition coefficient (Wildman–Crippen LogP) is 5.06. The Morgan fingerprint density at radius 1 is 0.886 bits per heavy atom. The van der Waals surface area contributed by atoms with Crippen molar-refractivity contribution in [3.8, 4) is 11.8 Å². The number of aryl methyl sites for hydroxylation is 2. The molecule has 0 aromatic heterocycles. The summed E-state index contributed by atoms with van der Waals surface area (Å²) < 4.78 is 92.0. The van der Waals surface area contributed by atoms with Crippen LogP contribution in [-0.2, 0) is 28.2 Å². The van der Waals surface area contributed by atoms with E-state index < -0.39 is 41.0 Å². The highest BCUT2D eigenvalue weighted by molar-refractivity contribution is 5.95. The average molecular weight is 626 g/mol. The number of nitrogens with zero attached hydrogens (tertiary/aromatic N) is 3. The second-order valence-corrected chi connectivity index (χ2v) is 11.3. The molecule has 0 N–H and O–H groups in total. The van der Waals surface area contributed by atoms with Crippen LogP contribution < -0.4 is 0 Å². The quantitative estimate of drug-likeness (QED) is 0.318. The molecule has 0 aliphatic carbocycles. The van der Waals surface area contributed by atoms with Crippen molar-refractivity contribution >= 4 is 5.91 Å². The fraction of sp³-hybridized carbons (Fsp3) is 0.531. The highest BCUT2D eigenvalue weighted by Gasteiger charge is 2.39. The molecule has 0 saturated carbocycles. The number of morpholine rings is 1. The first-order valence-corrected chi connectivity index (χ1v) is 14.4. The van der Waals surface area contributed by atoms with Gasteiger partial charge < -0.3 is 14.4 Å². The van der Waals surface area contributed by atoms with Crippen LogP contribution in [0.4, 0.5) is 26.3 Å². The summed E-state index contributed by atoms with van der Waals surface area (Å²) in [7, 11) is 1.63. The maximum absolute atomic E-state index is 13.6. The lowest BCUT2D eigenvalue weighted by Gasteiger charge is -2.41. The summed E-state index contributed by atoms with van der Waals surface area (Å²) in [6.07, 6.45) is -9.70. The van der Waals surface area contributed by atoms with Crippen LogP contribution in [0.2, 0.25) is 0 Å². The molecule has 4 rings (SSSR count). The highest BCUT2D eigenvalue weighted by Crippen LogP contribution is 2.37. The zero-order valence-corrected chi connectivity index (χ0v) is 25.0. The summed E-state index contributed by atoms with van der Waals surface area (Å²) in [6, 6.07) is 6.43. The summed E-state index contributed by atoms with van der Waals surface area (Å²) >= 11 is 0. The lowest BCUT2D eigenvalue weighted by Crippen LogP contribution is -2.56. The largest absolute Gasteiger partial charge is 0.416 e. The van der Waals surface area contributed by atoms with Crippen LogP contribution in [0.3, 0.4) is 0 Å². The Bertz CT molecular complexity index is 1330. The second-order valence-electron chi connectivity index (χ2n) is 11.3. The topological polar surface area (TPSA) is 45.2 Å². The third-order valence-electron chi connectivity index (χ3n) is 8.01. The summed E-state index contributed by atoms with van der Waals surface area (Å²) in [5.41, 5.74) is -0.611. The Labute approximate surface area is 253 Å². The predicted molar refractivity (Wildman–Crippen MR) is 153 cm³/mol. The van der Waals surface area contributed by atoms with Gasteiger partial charge in [-0.05, 0) is 55.2 Å². The Hall–Kier alpha value is -3.11. The van der Waals surface area contributed by atoms with E-state index in [-0.39, 0.29) is 18.7 Å². The van der Waals surface area contributed by atoms with Gasteiger partial charge in [-0.2, -0.15) is 26.3 Å². The maximum Gasteiger partial charge on any atom is 0.416 e. The van der Waals surface area contributed by atoms with E-state index in [0.717, 1.165) is 23.2 Å². The molecule has 0 unspecified atom stereocenters. The number of methoxy groups -OCH3 is 1. The minimum Gasteiger partial charge on any atom is -0.382 e. The van der Waals surface area contributed by atoms with Gasteiger partial charge in [0.2, 0.25) is 0 Å². The third kappa shape index (κ3) is 8.97. The van der Waals surface area contributed by atoms with Gasteiger partial charge in [-0.1, -0.05) is 30.0 Å². The second kappa shape index (κ2) is 14.3. The van der Waals surface area contributed by atoms with Crippen molar-refractivity contribution in [2.45, 2.75) is 44.8 Å². The summed E-state index contributed by atoms with van der Waals surface area (Å²) in [4.78, 5) is 19.3. The normalized spacial score (nSPS) is 20.3. The number of hydrogen-bond acceptors (Lipinski definition) is 5. The van der Waals surface area contributed by atoms with Gasteiger partial charge in [0.25, 0.3) is 5.91 Å². The zero-order valence-electron chi connectivity index (χ0n) is 25.0. The first kappa shape index (κ1) is 33.8. The summed E-state index contributed by atoms with van der Waals surface area (Å²) in [6.45, 7) is 8.36. The number of carbonyl (C=O) groups excluding carboxylic acids is 1. The number of alkyl halides is 6. The first-order valence-electron chi connectivity index (χ1n) is 14.4. The Morgan fingerprint density at radius 3 is 2.11 bits per heavy atom. The molecule has 2 fully saturated rings. The standard InChI is InChI=1S/C32H37F6N3O3/c1-22-6-7-24(14-23(22)2)15-28-19-39(8-4-5-9-40-12-13-44-29(20-40)21-43-3)10-11-41(28)30(42)25-16-26(31(33,34)35)18-27(17-25)32(36,37)38/h6-7,14,16-18,28-29H,8-13,15,19-21H2,1-3H3/t28-,29-/m1/s1. The van der Waals surface area contributed by atoms with E-state index in [1.54, 1.807) is 7.11 Å². The molecule has 1 amide bonds. The Kier molecular flexibility index (Phi) is 11.0. The van der Waals surface area contributed by atoms with Crippen molar-refractivity contribution in [2.24, 2.45) is 0 Å². The van der Waals surface area contributed by atoms with Crippen LogP contribution in [0.1, 0.15) is 38.2 Å². The van der Waals surface area contributed by atoms with Crippen LogP contribution in [0.15, 0.2) is 36.4 Å². The van der Waals surface area contributed by atoms with Gasteiger partial charge in [-0.3, -0.25) is 14.6 Å². The first-order chi connectivity index (χ1) is 20.7. The van der Waals surface area contributed by atoms with Crippen LogP contribution in [0.5, 0.6) is 0 Å². The van der Waals surface area contributed by atoms with Crippen molar-refractivity contribution in [3.63, 3.8) is 0 Å². The molecule has 2 aliphatic rings. The van der Waals surface area contributed by atoms with Gasteiger partial charge in [0.05, 0.1) is 43.5 Å². The molecular formula is C32H37F6N3O3. The molecule has 2 heterocycles. The van der Waals surface area contributed by atoms with E-state index >= 15 is 0 Å². The lowest BCUT2D eigenvalue weighted by atomic mass is 9.97. The monoisotopic (exact) mass is 625 g/mol. The number of halogens is 6. The molecular weight excluding hydrogens is 588 g/mol. The van der Waals surface area contributed by atoms with E-state index in [0.29, 0.717) is 64.5 Å². The van der Waals surface area contributed by atoms with E-state index in [1.807, 2.05) is 32.0 Å². The number of carbonyl (C=O) groups is 1. The molecule has 44 heavy (non-hydrogen) atoms. The van der Waals surface area contributed by atoms with E-state index in [4.69, 9.17) is 9.47 Å². The number of rotatable bonds is 7. The van der Waals surface area contributed by atoms with Gasteiger partial charge in [0, 0.05) is 51.4 Å². The molecule has 6 nitrogen and oxygen atoms in total. The van der Waals surface area contributed by atoms with Crippen LogP contribution >= 0.6 is 0 Å². The minimum absolute atomic E-state index is 0.00336. The van der Waals surface area contributed by atoms with Gasteiger partial charge >= 0.3 is 12.4 Å². The Morgan fingerprint density at radius 2 is 1.52 bits per heavy atom. The van der Waals surface area contributed by atoms with Gasteiger partial charge in [-0.15, -0.1) is 0 Å². The minimum atomic E-state index is -5.04. The molecule has 12 heteroatoms. The third-order valence-corrected chi connectivity index (χ3v) is 8.01. The summed E-state index contributed by atoms with van der Waals surface area (Å²) in [5.74, 6) is 5.51. The van der Waals surface area contributed by atoms with Crippen molar-refractivity contribution in [2.75, 3.05) is 66.1 Å². The summed E-state index contributed by atoms with van der Waals surface area (Å²) in [5, 5.41) is 0. The van der Waals surface area contributed by atoms with Crippen molar-refractivity contribution in [3.05, 3.63) is 69.8 Å². The van der Waals surface area contributed by atoms with Crippen LogP contribution in [-0.4, -0.2) is 98.9 Å². The van der Waals surface area contributed by atoms with Gasteiger partial charge in [-0.25, -0.2) is 0 Å². The fourth-order valence-electron chi connectivity index (χ4n) is 5.50. The Balaban J connectivity index is 1.53. The van der Waals surface area contributed by atoms with E-state index in [9.17, 15) is 31.1 Å². The molecule has 2 aliphatic heterocycles. The molecule has 0 bridgehead atoms. The maximum atomic E-state index is 13.6. The molecule has 0 spiro atoms. The lowest BCUT2D eigenvalue weighted by molar-refractivity contribution is -0.143. The number of amides is 1. The van der Waals surface area contributed by atoms with Crippen molar-refractivity contribution in [1.82, 2.24) is 14.7 Å². The number of hydrogen-bond donors (Lipinski definition) is 0. The molecule has 0 radical (unpaired) electrons. The van der Waals surface area contributed by atoms with Crippen LogP contribution in [0, 0.1) is 25.7 Å². The molecule has 2 aromatic carbocycles. The fourth-order valence-corrected chi connectivity index (χ4v) is 5.50. The van der Waals surface area contributed by atoms with Crippen LogP contribution in [0.25, 0.3) is 0 Å². The number of ether oxygens (including phenoxy) is 2. The highest BCUT2D eigenvalue weighted by atomic mass is 19.4. The zero-order chi connectivity index (χ0) is 32.1. The van der Waals surface area contributed by atoms with E-state index in [2.05, 4.69) is 21.6 Å². The van der Waals surface area contributed by atoms with Crippen molar-refractivity contribution < 1.29 is 40.6 Å². The smallest absolute Gasteiger partial charge is 0.382 e. The molecule has 2 aromatic rings. The molecule has 2 saturated heterocycles. The molecule has 2 atom stereocenters. The SMILES string of the molecule is COC[C@H]1CN(CC#CCN2CCN(C(=O)c3cc(C(F)(F)F)cc(C(F)(F)F)c3)[C@H](Cc3ccc(C)c(C)c3)C2)CCO1. The van der Waals surface area contributed by atoms with Gasteiger partial charge in [0.15, 0.2) is 0 Å². The van der Waals surface area contributed by atoms with Crippen molar-refractivity contribution in [1.29, 1.82) is 0 Å².